The summed E-state index contributed by atoms with van der Waals surface area (Å²) >= 11 is 0. The molecule has 29 heavy (non-hydrogen) atoms. The van der Waals surface area contributed by atoms with Crippen LogP contribution >= 0.6 is 0 Å². The van der Waals surface area contributed by atoms with Gasteiger partial charge in [0.05, 0.1) is 6.61 Å². The molecule has 0 unspecified atom stereocenters. The van der Waals surface area contributed by atoms with Crippen molar-refractivity contribution in [3.8, 4) is 5.75 Å². The lowest BCUT2D eigenvalue weighted by atomic mass is 9.74. The summed E-state index contributed by atoms with van der Waals surface area (Å²) in [5, 5.41) is 3.49. The van der Waals surface area contributed by atoms with Crippen LogP contribution in [0.4, 0.5) is 5.82 Å². The smallest absolute Gasteiger partial charge is 0.129 e. The molecule has 2 aromatic rings. The molecule has 0 saturated carbocycles. The predicted molar refractivity (Wildman–Crippen MR) is 114 cm³/mol. The van der Waals surface area contributed by atoms with Crippen LogP contribution in [0.15, 0.2) is 42.9 Å². The van der Waals surface area contributed by atoms with Crippen molar-refractivity contribution in [2.24, 2.45) is 0 Å². The summed E-state index contributed by atoms with van der Waals surface area (Å²) in [6.45, 7) is 6.86. The molecule has 6 nitrogen and oxygen atoms in total. The second kappa shape index (κ2) is 10.0. The molecular weight excluding hydrogens is 364 g/mol. The molecule has 2 aliphatic rings. The average Bonchev–Trinajstić information content (AvgIpc) is 3.31. The Bertz CT molecular complexity index is 726. The molecular formula is C23H32N4O2. The van der Waals surface area contributed by atoms with Crippen LogP contribution in [0.5, 0.6) is 5.75 Å². The molecule has 0 aliphatic carbocycles. The van der Waals surface area contributed by atoms with Gasteiger partial charge in [-0.15, -0.1) is 0 Å². The van der Waals surface area contributed by atoms with E-state index in [9.17, 15) is 0 Å². The van der Waals surface area contributed by atoms with Gasteiger partial charge in [0.1, 0.15) is 17.9 Å². The highest BCUT2D eigenvalue weighted by Crippen LogP contribution is 2.36. The summed E-state index contributed by atoms with van der Waals surface area (Å²) in [5.41, 5.74) is 1.39. The highest BCUT2D eigenvalue weighted by atomic mass is 16.5. The number of hydrogen-bond acceptors (Lipinski definition) is 6. The topological polar surface area (TPSA) is 59.5 Å². The Balaban J connectivity index is 1.33. The van der Waals surface area contributed by atoms with Crippen molar-refractivity contribution in [3.63, 3.8) is 0 Å². The normalized spacial score (nSPS) is 19.2. The number of rotatable bonds is 9. The van der Waals surface area contributed by atoms with Crippen molar-refractivity contribution in [3.05, 3.63) is 48.4 Å². The first kappa shape index (κ1) is 20.1. The van der Waals surface area contributed by atoms with Crippen molar-refractivity contribution in [1.82, 2.24) is 14.9 Å². The molecule has 0 spiro atoms. The Morgan fingerprint density at radius 1 is 1.07 bits per heavy atom. The molecule has 3 heterocycles. The first-order valence-electron chi connectivity index (χ1n) is 10.9. The molecule has 2 fully saturated rings. The van der Waals surface area contributed by atoms with Gasteiger partial charge in [0.15, 0.2) is 0 Å². The van der Waals surface area contributed by atoms with Gasteiger partial charge in [0.2, 0.25) is 0 Å². The standard InChI is InChI=1S/C23H32N4O2/c1-2-13-27(12-1)14-3-15-29-21-6-4-20(5-7-21)23(9-16-28-17-10-23)18-25-22-8-11-24-19-26-22/h4-8,11,19H,1-3,9-10,12-18H2,(H,24,25,26). The number of anilines is 1. The van der Waals surface area contributed by atoms with Crippen LogP contribution in [0.3, 0.4) is 0 Å². The number of nitrogens with zero attached hydrogens (tertiary/aromatic N) is 3. The molecule has 1 N–H and O–H groups in total. The summed E-state index contributed by atoms with van der Waals surface area (Å²) < 4.78 is 11.6. The number of benzene rings is 1. The molecule has 1 aromatic carbocycles. The van der Waals surface area contributed by atoms with E-state index >= 15 is 0 Å². The minimum atomic E-state index is 0.0531. The van der Waals surface area contributed by atoms with Gasteiger partial charge in [-0.3, -0.25) is 0 Å². The van der Waals surface area contributed by atoms with Gasteiger partial charge in [-0.1, -0.05) is 12.1 Å². The highest BCUT2D eigenvalue weighted by molar-refractivity contribution is 5.38. The Morgan fingerprint density at radius 3 is 2.59 bits per heavy atom. The number of likely N-dealkylation sites (tertiary alicyclic amines) is 1. The summed E-state index contributed by atoms with van der Waals surface area (Å²) in [4.78, 5) is 10.8. The second-order valence-electron chi connectivity index (χ2n) is 8.12. The zero-order chi connectivity index (χ0) is 19.8. The maximum absolute atomic E-state index is 5.99. The Morgan fingerprint density at radius 2 is 1.86 bits per heavy atom. The summed E-state index contributed by atoms with van der Waals surface area (Å²) in [6.07, 6.45) is 9.13. The van der Waals surface area contributed by atoms with Crippen LogP contribution < -0.4 is 10.1 Å². The van der Waals surface area contributed by atoms with E-state index in [4.69, 9.17) is 9.47 Å². The van der Waals surface area contributed by atoms with Crippen molar-refractivity contribution in [1.29, 1.82) is 0 Å². The highest BCUT2D eigenvalue weighted by Gasteiger charge is 2.34. The molecule has 0 radical (unpaired) electrons. The first-order valence-corrected chi connectivity index (χ1v) is 10.9. The minimum absolute atomic E-state index is 0.0531. The van der Waals surface area contributed by atoms with E-state index in [1.54, 1.807) is 12.5 Å². The van der Waals surface area contributed by atoms with Gasteiger partial charge in [-0.25, -0.2) is 9.97 Å². The Labute approximate surface area is 173 Å². The maximum atomic E-state index is 5.99. The van der Waals surface area contributed by atoms with Crippen LogP contribution in [0, 0.1) is 0 Å². The van der Waals surface area contributed by atoms with Gasteiger partial charge < -0.3 is 19.7 Å². The number of nitrogens with one attached hydrogen (secondary N) is 1. The van der Waals surface area contributed by atoms with E-state index in [-0.39, 0.29) is 5.41 Å². The maximum Gasteiger partial charge on any atom is 0.129 e. The van der Waals surface area contributed by atoms with Crippen molar-refractivity contribution < 1.29 is 9.47 Å². The summed E-state index contributed by atoms with van der Waals surface area (Å²) in [5.74, 6) is 1.82. The molecule has 4 rings (SSSR count). The number of aromatic nitrogens is 2. The fourth-order valence-electron chi connectivity index (χ4n) is 4.37. The Hall–Kier alpha value is -2.18. The van der Waals surface area contributed by atoms with Crippen LogP contribution in [-0.2, 0) is 10.2 Å². The van der Waals surface area contributed by atoms with Gasteiger partial charge in [0, 0.05) is 37.9 Å². The van der Waals surface area contributed by atoms with Gasteiger partial charge in [-0.2, -0.15) is 0 Å². The van der Waals surface area contributed by atoms with E-state index in [1.165, 1.54) is 31.5 Å². The van der Waals surface area contributed by atoms with Crippen LogP contribution in [0.25, 0.3) is 0 Å². The lowest BCUT2D eigenvalue weighted by Crippen LogP contribution is -2.40. The first-order chi connectivity index (χ1) is 14.3. The third-order valence-corrected chi connectivity index (χ3v) is 6.19. The van der Waals surface area contributed by atoms with E-state index in [0.29, 0.717) is 0 Å². The fourth-order valence-corrected chi connectivity index (χ4v) is 4.37. The quantitative estimate of drug-likeness (QED) is 0.655. The second-order valence-corrected chi connectivity index (χ2v) is 8.12. The van der Waals surface area contributed by atoms with Crippen LogP contribution in [0.2, 0.25) is 0 Å². The van der Waals surface area contributed by atoms with Gasteiger partial charge in [0.25, 0.3) is 0 Å². The lowest BCUT2D eigenvalue weighted by Gasteiger charge is -2.38. The third kappa shape index (κ3) is 5.46. The van der Waals surface area contributed by atoms with E-state index in [1.807, 2.05) is 6.07 Å². The number of ether oxygens (including phenoxy) is 2. The van der Waals surface area contributed by atoms with E-state index in [2.05, 4.69) is 44.5 Å². The van der Waals surface area contributed by atoms with Gasteiger partial charge in [-0.05, 0) is 69.0 Å². The zero-order valence-corrected chi connectivity index (χ0v) is 17.2. The number of hydrogen-bond donors (Lipinski definition) is 1. The Kier molecular flexibility index (Phi) is 6.96. The lowest BCUT2D eigenvalue weighted by molar-refractivity contribution is 0.0543. The van der Waals surface area contributed by atoms with E-state index in [0.717, 1.165) is 63.7 Å². The van der Waals surface area contributed by atoms with Crippen molar-refractivity contribution >= 4 is 5.82 Å². The molecule has 0 amide bonds. The molecule has 2 aliphatic heterocycles. The van der Waals surface area contributed by atoms with Crippen molar-refractivity contribution in [2.75, 3.05) is 51.3 Å². The minimum Gasteiger partial charge on any atom is -0.494 e. The van der Waals surface area contributed by atoms with Crippen molar-refractivity contribution in [2.45, 2.75) is 37.5 Å². The van der Waals surface area contributed by atoms with E-state index < -0.39 is 0 Å². The molecule has 6 heteroatoms. The van der Waals surface area contributed by atoms with Crippen LogP contribution in [0.1, 0.15) is 37.7 Å². The zero-order valence-electron chi connectivity index (χ0n) is 17.2. The molecule has 1 aromatic heterocycles. The molecule has 2 saturated heterocycles. The SMILES string of the molecule is c1cc(NCC2(c3ccc(OCCCN4CCCC4)cc3)CCOCC2)ncn1. The molecule has 0 bridgehead atoms. The summed E-state index contributed by atoms with van der Waals surface area (Å²) in [6, 6.07) is 10.6. The molecule has 156 valence electrons. The predicted octanol–water partition coefficient (Wildman–Crippen LogP) is 3.50. The molecule has 0 atom stereocenters. The monoisotopic (exact) mass is 396 g/mol. The summed E-state index contributed by atoms with van der Waals surface area (Å²) in [7, 11) is 0. The average molecular weight is 397 g/mol. The van der Waals surface area contributed by atoms with Crippen LogP contribution in [-0.4, -0.2) is 60.9 Å². The van der Waals surface area contributed by atoms with Gasteiger partial charge >= 0.3 is 0 Å². The third-order valence-electron chi connectivity index (χ3n) is 6.19. The largest absolute Gasteiger partial charge is 0.494 e. The fraction of sp³-hybridized carbons (Fsp3) is 0.565.